The third-order valence-corrected chi connectivity index (χ3v) is 4.58. The molecule has 1 atom stereocenters. The molecule has 6 nitrogen and oxygen atoms in total. The predicted molar refractivity (Wildman–Crippen MR) is 97.7 cm³/mol. The molecule has 1 aromatic carbocycles. The van der Waals surface area contributed by atoms with E-state index in [0.717, 1.165) is 50.6 Å². The van der Waals surface area contributed by atoms with E-state index in [4.69, 9.17) is 14.2 Å². The molecule has 1 amide bonds. The number of hydrogen-bond donors (Lipinski definition) is 1. The van der Waals surface area contributed by atoms with Crippen molar-refractivity contribution in [2.24, 2.45) is 0 Å². The van der Waals surface area contributed by atoms with Crippen LogP contribution in [0.4, 0.5) is 0 Å². The van der Waals surface area contributed by atoms with Crippen LogP contribution in [0.2, 0.25) is 0 Å². The maximum Gasteiger partial charge on any atom is 0.224 e. The smallest absolute Gasteiger partial charge is 0.224 e. The van der Waals surface area contributed by atoms with Crippen molar-refractivity contribution >= 4 is 18.3 Å². The van der Waals surface area contributed by atoms with E-state index in [1.807, 2.05) is 29.2 Å². The van der Waals surface area contributed by atoms with Crippen molar-refractivity contribution in [1.29, 1.82) is 0 Å². The van der Waals surface area contributed by atoms with Crippen LogP contribution in [0.3, 0.4) is 0 Å². The van der Waals surface area contributed by atoms with Crippen molar-refractivity contribution in [3.63, 3.8) is 0 Å². The van der Waals surface area contributed by atoms with Crippen molar-refractivity contribution in [2.45, 2.75) is 31.4 Å². The Kier molecular flexibility index (Phi) is 7.81. The van der Waals surface area contributed by atoms with Crippen LogP contribution in [0.25, 0.3) is 0 Å². The van der Waals surface area contributed by atoms with Crippen LogP contribution < -0.4 is 14.8 Å². The maximum absolute atomic E-state index is 12.4. The molecule has 2 heterocycles. The fraction of sp³-hybridized carbons (Fsp3) is 0.611. The second-order valence-corrected chi connectivity index (χ2v) is 6.30. The number of halogens is 1. The van der Waals surface area contributed by atoms with Crippen LogP contribution in [0.5, 0.6) is 11.5 Å². The summed E-state index contributed by atoms with van der Waals surface area (Å²) < 4.78 is 16.6. The van der Waals surface area contributed by atoms with Gasteiger partial charge in [0.2, 0.25) is 5.91 Å². The lowest BCUT2D eigenvalue weighted by Crippen LogP contribution is -2.47. The maximum atomic E-state index is 12.4. The summed E-state index contributed by atoms with van der Waals surface area (Å²) in [5.74, 6) is 1.88. The van der Waals surface area contributed by atoms with E-state index in [-0.39, 0.29) is 30.5 Å². The third-order valence-electron chi connectivity index (χ3n) is 4.58. The molecule has 1 aromatic rings. The van der Waals surface area contributed by atoms with Gasteiger partial charge in [-0.1, -0.05) is 0 Å². The molecule has 2 fully saturated rings. The average Bonchev–Trinajstić information content (AvgIpc) is 2.64. The number of likely N-dealkylation sites (tertiary alicyclic amines) is 1. The molecule has 7 heteroatoms. The molecule has 0 saturated carbocycles. The second-order valence-electron chi connectivity index (χ2n) is 6.30. The predicted octanol–water partition coefficient (Wildman–Crippen LogP) is 1.87. The van der Waals surface area contributed by atoms with Gasteiger partial charge >= 0.3 is 0 Å². The summed E-state index contributed by atoms with van der Waals surface area (Å²) in [7, 11) is 1.65. The Morgan fingerprint density at radius 3 is 2.52 bits per heavy atom. The van der Waals surface area contributed by atoms with Crippen molar-refractivity contribution in [3.05, 3.63) is 24.3 Å². The third kappa shape index (κ3) is 5.76. The fourth-order valence-electron chi connectivity index (χ4n) is 3.16. The number of hydrogen-bond acceptors (Lipinski definition) is 5. The highest BCUT2D eigenvalue weighted by Crippen LogP contribution is 2.22. The molecule has 0 radical (unpaired) electrons. The largest absolute Gasteiger partial charge is 0.497 e. The van der Waals surface area contributed by atoms with Gasteiger partial charge in [-0.3, -0.25) is 4.79 Å². The molecule has 1 unspecified atom stereocenters. The summed E-state index contributed by atoms with van der Waals surface area (Å²) in [6.45, 7) is 3.71. The standard InChI is InChI=1S/C18H26N2O4.ClH/c1-22-15-2-4-16(5-3-15)24-17-6-9-20(10-7-17)18(21)12-14-13-23-11-8-19-14;/h2-5,14,17,19H,6-13H2,1H3;1H. The Balaban J connectivity index is 0.00000225. The van der Waals surface area contributed by atoms with E-state index in [0.29, 0.717) is 13.0 Å². The lowest BCUT2D eigenvalue weighted by Gasteiger charge is -2.33. The number of piperidine rings is 1. The zero-order chi connectivity index (χ0) is 16.8. The highest BCUT2D eigenvalue weighted by atomic mass is 35.5. The lowest BCUT2D eigenvalue weighted by molar-refractivity contribution is -0.134. The van der Waals surface area contributed by atoms with Crippen LogP contribution in [0.1, 0.15) is 19.3 Å². The number of morpholine rings is 1. The average molecular weight is 371 g/mol. The van der Waals surface area contributed by atoms with Gasteiger partial charge in [-0.05, 0) is 24.3 Å². The molecule has 25 heavy (non-hydrogen) atoms. The van der Waals surface area contributed by atoms with Gasteiger partial charge in [0, 0.05) is 44.9 Å². The molecule has 2 aliphatic heterocycles. The molecule has 0 spiro atoms. The summed E-state index contributed by atoms with van der Waals surface area (Å²) in [4.78, 5) is 14.3. The van der Waals surface area contributed by atoms with Gasteiger partial charge < -0.3 is 24.4 Å². The number of benzene rings is 1. The number of nitrogens with one attached hydrogen (secondary N) is 1. The Hall–Kier alpha value is -1.50. The molecule has 2 saturated heterocycles. The number of nitrogens with zero attached hydrogens (tertiary/aromatic N) is 1. The van der Waals surface area contributed by atoms with Crippen LogP contribution in [0.15, 0.2) is 24.3 Å². The summed E-state index contributed by atoms with van der Waals surface area (Å²) in [6.07, 6.45) is 2.42. The van der Waals surface area contributed by atoms with Gasteiger partial charge in [0.15, 0.2) is 0 Å². The highest BCUT2D eigenvalue weighted by Gasteiger charge is 2.26. The van der Waals surface area contributed by atoms with Crippen molar-refractivity contribution < 1.29 is 19.0 Å². The minimum atomic E-state index is 0. The van der Waals surface area contributed by atoms with Crippen molar-refractivity contribution in [1.82, 2.24) is 10.2 Å². The van der Waals surface area contributed by atoms with Crippen LogP contribution in [-0.2, 0) is 9.53 Å². The van der Waals surface area contributed by atoms with Crippen molar-refractivity contribution in [3.8, 4) is 11.5 Å². The first-order valence-electron chi connectivity index (χ1n) is 8.64. The van der Waals surface area contributed by atoms with Gasteiger partial charge in [0.25, 0.3) is 0 Å². The van der Waals surface area contributed by atoms with E-state index in [1.165, 1.54) is 0 Å². The monoisotopic (exact) mass is 370 g/mol. The van der Waals surface area contributed by atoms with Gasteiger partial charge in [-0.2, -0.15) is 0 Å². The molecule has 3 rings (SSSR count). The molecule has 140 valence electrons. The highest BCUT2D eigenvalue weighted by molar-refractivity contribution is 5.85. The molecular weight excluding hydrogens is 344 g/mol. The Morgan fingerprint density at radius 1 is 1.24 bits per heavy atom. The Bertz CT molecular complexity index is 526. The number of methoxy groups -OCH3 is 1. The number of rotatable bonds is 5. The second kappa shape index (κ2) is 9.85. The molecule has 0 aliphatic carbocycles. The van der Waals surface area contributed by atoms with E-state index in [1.54, 1.807) is 7.11 Å². The lowest BCUT2D eigenvalue weighted by atomic mass is 10.1. The minimum Gasteiger partial charge on any atom is -0.497 e. The first kappa shape index (κ1) is 19.8. The first-order chi connectivity index (χ1) is 11.7. The van der Waals surface area contributed by atoms with E-state index in [9.17, 15) is 4.79 Å². The van der Waals surface area contributed by atoms with Gasteiger partial charge in [0.1, 0.15) is 17.6 Å². The summed E-state index contributed by atoms with van der Waals surface area (Å²) in [6, 6.07) is 7.79. The Labute approximate surface area is 155 Å². The zero-order valence-electron chi connectivity index (χ0n) is 14.6. The SMILES string of the molecule is COc1ccc(OC2CCN(C(=O)CC3COCCN3)CC2)cc1.Cl. The van der Waals surface area contributed by atoms with Gasteiger partial charge in [-0.15, -0.1) is 12.4 Å². The molecule has 2 aliphatic rings. The van der Waals surface area contributed by atoms with Gasteiger partial charge in [0.05, 0.1) is 20.3 Å². The number of carbonyl (C=O) groups is 1. The number of amides is 1. The first-order valence-corrected chi connectivity index (χ1v) is 8.64. The van der Waals surface area contributed by atoms with Gasteiger partial charge in [-0.25, -0.2) is 0 Å². The van der Waals surface area contributed by atoms with E-state index in [2.05, 4.69) is 5.32 Å². The van der Waals surface area contributed by atoms with Crippen LogP contribution in [-0.4, -0.2) is 62.9 Å². The van der Waals surface area contributed by atoms with Crippen LogP contribution in [0, 0.1) is 0 Å². The molecule has 0 aromatic heterocycles. The molecule has 1 N–H and O–H groups in total. The topological polar surface area (TPSA) is 60.0 Å². The van der Waals surface area contributed by atoms with E-state index < -0.39 is 0 Å². The minimum absolute atomic E-state index is 0. The molecule has 0 bridgehead atoms. The normalized spacial score (nSPS) is 21.3. The molecular formula is C18H27ClN2O4. The number of ether oxygens (including phenoxy) is 3. The summed E-state index contributed by atoms with van der Waals surface area (Å²) in [5.41, 5.74) is 0. The zero-order valence-corrected chi connectivity index (χ0v) is 15.4. The summed E-state index contributed by atoms with van der Waals surface area (Å²) in [5, 5.41) is 3.33. The van der Waals surface area contributed by atoms with Crippen molar-refractivity contribution in [2.75, 3.05) is 40.0 Å². The quantitative estimate of drug-likeness (QED) is 0.857. The van der Waals surface area contributed by atoms with Crippen LogP contribution >= 0.6 is 12.4 Å². The van der Waals surface area contributed by atoms with E-state index >= 15 is 0 Å². The summed E-state index contributed by atoms with van der Waals surface area (Å²) >= 11 is 0. The fourth-order valence-corrected chi connectivity index (χ4v) is 3.16. The number of carbonyl (C=O) groups excluding carboxylic acids is 1. The Morgan fingerprint density at radius 2 is 1.92 bits per heavy atom.